The van der Waals surface area contributed by atoms with Gasteiger partial charge in [-0.15, -0.1) is 0 Å². The third-order valence-electron chi connectivity index (χ3n) is 3.66. The highest BCUT2D eigenvalue weighted by Gasteiger charge is 2.26. The molecule has 0 heterocycles. The fourth-order valence-electron chi connectivity index (χ4n) is 2.68. The molecule has 21 heavy (non-hydrogen) atoms. The predicted octanol–water partition coefficient (Wildman–Crippen LogP) is 4.91. The second kappa shape index (κ2) is 6.39. The van der Waals surface area contributed by atoms with Crippen molar-refractivity contribution in [3.8, 4) is 0 Å². The number of carbonyl (C=O) groups excluding carboxylic acids is 1. The zero-order valence-corrected chi connectivity index (χ0v) is 14.8. The van der Waals surface area contributed by atoms with Crippen LogP contribution in [0.4, 0.5) is 4.79 Å². The van der Waals surface area contributed by atoms with Crippen molar-refractivity contribution in [1.82, 2.24) is 5.32 Å². The smallest absolute Gasteiger partial charge is 0.408 e. The summed E-state index contributed by atoms with van der Waals surface area (Å²) in [5, 5.41) is 2.87. The van der Waals surface area contributed by atoms with Gasteiger partial charge in [-0.3, -0.25) is 0 Å². The van der Waals surface area contributed by atoms with Gasteiger partial charge in [-0.05, 0) is 69.2 Å². The summed E-state index contributed by atoms with van der Waals surface area (Å²) in [6.07, 6.45) is 3.49. The van der Waals surface area contributed by atoms with Crippen LogP contribution in [-0.2, 0) is 17.6 Å². The first-order chi connectivity index (χ1) is 9.80. The molecule has 4 heteroatoms. The summed E-state index contributed by atoms with van der Waals surface area (Å²) in [5.41, 5.74) is 3.44. The van der Waals surface area contributed by atoms with Gasteiger partial charge in [-0.1, -0.05) is 28.9 Å². The van der Waals surface area contributed by atoms with Crippen LogP contribution < -0.4 is 5.32 Å². The highest BCUT2D eigenvalue weighted by atomic mass is 79.9. The van der Waals surface area contributed by atoms with Gasteiger partial charge in [0.05, 0.1) is 0 Å². The van der Waals surface area contributed by atoms with Crippen LogP contribution >= 0.6 is 15.9 Å². The maximum Gasteiger partial charge on any atom is 0.408 e. The Labute approximate surface area is 135 Å². The Bertz CT molecular complexity index is 534. The summed E-state index contributed by atoms with van der Waals surface area (Å²) in [6, 6.07) is 4.37. The molecule has 1 aromatic rings. The molecule has 1 aliphatic rings. The molecule has 1 aliphatic carbocycles. The van der Waals surface area contributed by atoms with E-state index < -0.39 is 0 Å². The van der Waals surface area contributed by atoms with Gasteiger partial charge < -0.3 is 10.1 Å². The Morgan fingerprint density at radius 2 is 2.14 bits per heavy atom. The standard InChI is InChI=1S/C17H24BrNO2/c1-5-11-9-13-12(14(18)10-11)7-6-8-15(13)21-16(20)19-17(2,3)4/h9-10,15H,5-8H2,1-4H3,(H,19,20)/t15-/m0/s1. The van der Waals surface area contributed by atoms with Crippen molar-refractivity contribution < 1.29 is 9.53 Å². The number of hydrogen-bond donors (Lipinski definition) is 1. The molecule has 0 unspecified atom stereocenters. The van der Waals surface area contributed by atoms with Crippen molar-refractivity contribution in [2.45, 2.75) is 65.0 Å². The third kappa shape index (κ3) is 4.22. The summed E-state index contributed by atoms with van der Waals surface area (Å²) >= 11 is 3.66. The van der Waals surface area contributed by atoms with Crippen LogP contribution in [-0.4, -0.2) is 11.6 Å². The summed E-state index contributed by atoms with van der Waals surface area (Å²) in [4.78, 5) is 12.0. The van der Waals surface area contributed by atoms with Gasteiger partial charge in [-0.25, -0.2) is 4.79 Å². The number of nitrogens with one attached hydrogen (secondary N) is 1. The Hall–Kier alpha value is -1.03. The second-order valence-corrected chi connectivity index (χ2v) is 7.51. The summed E-state index contributed by atoms with van der Waals surface area (Å²) in [5.74, 6) is 0. The lowest BCUT2D eigenvalue weighted by Gasteiger charge is -2.29. The van der Waals surface area contributed by atoms with E-state index in [0.717, 1.165) is 35.7 Å². The zero-order chi connectivity index (χ0) is 15.6. The number of amides is 1. The van der Waals surface area contributed by atoms with E-state index in [1.165, 1.54) is 11.1 Å². The molecule has 0 spiro atoms. The molecule has 3 nitrogen and oxygen atoms in total. The van der Waals surface area contributed by atoms with E-state index >= 15 is 0 Å². The van der Waals surface area contributed by atoms with Gasteiger partial charge in [0.1, 0.15) is 6.10 Å². The first-order valence-corrected chi connectivity index (χ1v) is 8.39. The van der Waals surface area contributed by atoms with Crippen LogP contribution in [0.5, 0.6) is 0 Å². The van der Waals surface area contributed by atoms with Crippen LogP contribution in [0.1, 0.15) is 63.3 Å². The third-order valence-corrected chi connectivity index (χ3v) is 4.37. The molecular weight excluding hydrogens is 330 g/mol. The maximum absolute atomic E-state index is 12.0. The molecule has 0 fully saturated rings. The van der Waals surface area contributed by atoms with Crippen molar-refractivity contribution in [3.63, 3.8) is 0 Å². The summed E-state index contributed by atoms with van der Waals surface area (Å²) < 4.78 is 6.82. The number of carbonyl (C=O) groups is 1. The molecule has 0 aliphatic heterocycles. The minimum Gasteiger partial charge on any atom is -0.441 e. The lowest BCUT2D eigenvalue weighted by Crippen LogP contribution is -2.41. The number of ether oxygens (including phenoxy) is 1. The highest BCUT2D eigenvalue weighted by molar-refractivity contribution is 9.10. The molecule has 0 aromatic heterocycles. The fourth-order valence-corrected chi connectivity index (χ4v) is 3.40. The highest BCUT2D eigenvalue weighted by Crippen LogP contribution is 2.37. The lowest BCUT2D eigenvalue weighted by molar-refractivity contribution is 0.0814. The average Bonchev–Trinajstić information content (AvgIpc) is 2.37. The molecule has 1 atom stereocenters. The van der Waals surface area contributed by atoms with Gasteiger partial charge in [-0.2, -0.15) is 0 Å². The SMILES string of the molecule is CCc1cc(Br)c2c(c1)[C@@H](OC(=O)NC(C)(C)C)CCC2. The van der Waals surface area contributed by atoms with Crippen LogP contribution in [0.15, 0.2) is 16.6 Å². The average molecular weight is 354 g/mol. The molecule has 2 rings (SSSR count). The number of hydrogen-bond acceptors (Lipinski definition) is 2. The van der Waals surface area contributed by atoms with Crippen molar-refractivity contribution in [2.75, 3.05) is 0 Å². The van der Waals surface area contributed by atoms with E-state index in [4.69, 9.17) is 4.74 Å². The number of fused-ring (bicyclic) bond motifs is 1. The largest absolute Gasteiger partial charge is 0.441 e. The number of benzene rings is 1. The predicted molar refractivity (Wildman–Crippen MR) is 88.6 cm³/mol. The molecular formula is C17H24BrNO2. The van der Waals surface area contributed by atoms with Gasteiger partial charge in [0.15, 0.2) is 0 Å². The van der Waals surface area contributed by atoms with E-state index in [1.54, 1.807) is 0 Å². The van der Waals surface area contributed by atoms with E-state index in [2.05, 4.69) is 40.3 Å². The fraction of sp³-hybridized carbons (Fsp3) is 0.588. The van der Waals surface area contributed by atoms with Crippen LogP contribution in [0.25, 0.3) is 0 Å². The summed E-state index contributed by atoms with van der Waals surface area (Å²) in [6.45, 7) is 8.00. The van der Waals surface area contributed by atoms with E-state index in [1.807, 2.05) is 20.8 Å². The van der Waals surface area contributed by atoms with Crippen LogP contribution in [0.2, 0.25) is 0 Å². The molecule has 0 saturated heterocycles. The van der Waals surface area contributed by atoms with E-state index in [9.17, 15) is 4.79 Å². The number of aryl methyl sites for hydroxylation is 1. The first-order valence-electron chi connectivity index (χ1n) is 7.60. The number of halogens is 1. The van der Waals surface area contributed by atoms with Crippen molar-refractivity contribution in [1.29, 1.82) is 0 Å². The summed E-state index contributed by atoms with van der Waals surface area (Å²) in [7, 11) is 0. The Morgan fingerprint density at radius 3 is 2.76 bits per heavy atom. The molecule has 0 bridgehead atoms. The lowest BCUT2D eigenvalue weighted by atomic mass is 9.88. The van der Waals surface area contributed by atoms with Crippen molar-refractivity contribution >= 4 is 22.0 Å². The zero-order valence-electron chi connectivity index (χ0n) is 13.3. The van der Waals surface area contributed by atoms with Crippen molar-refractivity contribution in [3.05, 3.63) is 33.3 Å². The second-order valence-electron chi connectivity index (χ2n) is 6.66. The molecule has 1 amide bonds. The van der Waals surface area contributed by atoms with E-state index in [-0.39, 0.29) is 17.7 Å². The number of alkyl carbamates (subject to hydrolysis) is 1. The first kappa shape index (κ1) is 16.3. The van der Waals surface area contributed by atoms with Crippen LogP contribution in [0, 0.1) is 0 Å². The Kier molecular flexibility index (Phi) is 4.97. The molecule has 0 saturated carbocycles. The normalized spacial score (nSPS) is 18.0. The molecule has 1 N–H and O–H groups in total. The minimum absolute atomic E-state index is 0.140. The van der Waals surface area contributed by atoms with Gasteiger partial charge >= 0.3 is 6.09 Å². The van der Waals surface area contributed by atoms with Gasteiger partial charge in [0.2, 0.25) is 0 Å². The van der Waals surface area contributed by atoms with Gasteiger partial charge in [0, 0.05) is 10.0 Å². The Balaban J connectivity index is 2.21. The van der Waals surface area contributed by atoms with E-state index in [0.29, 0.717) is 0 Å². The topological polar surface area (TPSA) is 38.3 Å². The van der Waals surface area contributed by atoms with Gasteiger partial charge in [0.25, 0.3) is 0 Å². The quantitative estimate of drug-likeness (QED) is 0.819. The van der Waals surface area contributed by atoms with Crippen LogP contribution in [0.3, 0.4) is 0 Å². The van der Waals surface area contributed by atoms with Crippen molar-refractivity contribution in [2.24, 2.45) is 0 Å². The molecule has 0 radical (unpaired) electrons. The number of rotatable bonds is 2. The molecule has 116 valence electrons. The maximum atomic E-state index is 12.0. The minimum atomic E-state index is -0.335. The molecule has 1 aromatic carbocycles. The monoisotopic (exact) mass is 353 g/mol. The Morgan fingerprint density at radius 1 is 1.43 bits per heavy atom.